The van der Waals surface area contributed by atoms with Crippen molar-refractivity contribution >= 4 is 5.69 Å². The summed E-state index contributed by atoms with van der Waals surface area (Å²) >= 11 is 0. The highest BCUT2D eigenvalue weighted by molar-refractivity contribution is 5.58. The number of hydrogen-bond acceptors (Lipinski definition) is 4. The van der Waals surface area contributed by atoms with Crippen molar-refractivity contribution in [1.29, 1.82) is 5.26 Å². The molecule has 1 aliphatic heterocycles. The van der Waals surface area contributed by atoms with E-state index in [0.29, 0.717) is 11.6 Å². The van der Waals surface area contributed by atoms with Crippen molar-refractivity contribution in [2.75, 3.05) is 25.2 Å². The highest BCUT2D eigenvalue weighted by Crippen LogP contribution is 2.30. The molecule has 0 aliphatic carbocycles. The smallest absolute Gasteiger partial charge is 0.0992 e. The van der Waals surface area contributed by atoms with Crippen LogP contribution >= 0.6 is 0 Å². The molecule has 19 heavy (non-hydrogen) atoms. The maximum atomic E-state index is 9.88. The van der Waals surface area contributed by atoms with Crippen LogP contribution in [0.4, 0.5) is 5.69 Å². The minimum atomic E-state index is -0.537. The molecule has 0 spiro atoms. The molecule has 1 atom stereocenters. The van der Waals surface area contributed by atoms with Crippen LogP contribution in [0.25, 0.3) is 0 Å². The van der Waals surface area contributed by atoms with Gasteiger partial charge in [0.25, 0.3) is 0 Å². The molecular formula is C15H20N2O2. The third-order valence-corrected chi connectivity index (χ3v) is 3.73. The lowest BCUT2D eigenvalue weighted by Crippen LogP contribution is -2.37. The van der Waals surface area contributed by atoms with Crippen LogP contribution in [0.5, 0.6) is 0 Å². The summed E-state index contributed by atoms with van der Waals surface area (Å²) in [7, 11) is 2.03. The molecule has 1 aliphatic rings. The minimum Gasteiger partial charge on any atom is -0.389 e. The maximum absolute atomic E-state index is 9.88. The Morgan fingerprint density at radius 3 is 2.68 bits per heavy atom. The van der Waals surface area contributed by atoms with Gasteiger partial charge in [0.15, 0.2) is 0 Å². The van der Waals surface area contributed by atoms with E-state index in [4.69, 9.17) is 10.00 Å². The number of benzene rings is 1. The fourth-order valence-corrected chi connectivity index (χ4v) is 2.54. The SMILES string of the molecule is C[C@H](O)c1ccc(C#N)cc1N(C)C1CCOCC1. The van der Waals surface area contributed by atoms with E-state index >= 15 is 0 Å². The van der Waals surface area contributed by atoms with Gasteiger partial charge in [0.1, 0.15) is 0 Å². The zero-order valence-electron chi connectivity index (χ0n) is 11.5. The summed E-state index contributed by atoms with van der Waals surface area (Å²) in [5, 5.41) is 18.9. The molecular weight excluding hydrogens is 240 g/mol. The first-order valence-corrected chi connectivity index (χ1v) is 6.66. The second-order valence-electron chi connectivity index (χ2n) is 5.02. The van der Waals surface area contributed by atoms with Crippen molar-refractivity contribution in [3.05, 3.63) is 29.3 Å². The zero-order chi connectivity index (χ0) is 13.8. The van der Waals surface area contributed by atoms with Crippen LogP contribution in [0.1, 0.15) is 37.0 Å². The Hall–Kier alpha value is -1.57. The molecule has 4 nitrogen and oxygen atoms in total. The molecule has 0 saturated carbocycles. The van der Waals surface area contributed by atoms with Crippen LogP contribution in [0.2, 0.25) is 0 Å². The molecule has 1 aromatic rings. The Kier molecular flexibility index (Phi) is 4.41. The summed E-state index contributed by atoms with van der Waals surface area (Å²) in [6, 6.07) is 8.01. The van der Waals surface area contributed by atoms with Crippen molar-refractivity contribution in [2.24, 2.45) is 0 Å². The van der Waals surface area contributed by atoms with Crippen molar-refractivity contribution < 1.29 is 9.84 Å². The zero-order valence-corrected chi connectivity index (χ0v) is 11.5. The molecule has 1 heterocycles. The lowest BCUT2D eigenvalue weighted by molar-refractivity contribution is 0.0853. The summed E-state index contributed by atoms with van der Waals surface area (Å²) < 4.78 is 5.38. The molecule has 0 radical (unpaired) electrons. The van der Waals surface area contributed by atoms with Crippen molar-refractivity contribution in [1.82, 2.24) is 0 Å². The summed E-state index contributed by atoms with van der Waals surface area (Å²) in [6.07, 6.45) is 1.42. The normalized spacial score (nSPS) is 17.8. The Morgan fingerprint density at radius 2 is 2.11 bits per heavy atom. The van der Waals surface area contributed by atoms with Crippen LogP contribution in [0.15, 0.2) is 18.2 Å². The van der Waals surface area contributed by atoms with Crippen molar-refractivity contribution in [3.63, 3.8) is 0 Å². The summed E-state index contributed by atoms with van der Waals surface area (Å²) in [5.74, 6) is 0. The molecule has 4 heteroatoms. The number of nitrogens with zero attached hydrogens (tertiary/aromatic N) is 2. The van der Waals surface area contributed by atoms with Gasteiger partial charge in [-0.15, -0.1) is 0 Å². The van der Waals surface area contributed by atoms with Gasteiger partial charge in [0.05, 0.1) is 17.7 Å². The van der Waals surface area contributed by atoms with E-state index in [0.717, 1.165) is 37.3 Å². The van der Waals surface area contributed by atoms with Crippen LogP contribution in [-0.4, -0.2) is 31.4 Å². The molecule has 2 rings (SSSR count). The lowest BCUT2D eigenvalue weighted by atomic mass is 10.0. The van der Waals surface area contributed by atoms with Gasteiger partial charge in [-0.1, -0.05) is 6.07 Å². The number of rotatable bonds is 3. The van der Waals surface area contributed by atoms with E-state index < -0.39 is 6.10 Å². The number of nitriles is 1. The molecule has 1 saturated heterocycles. The van der Waals surface area contributed by atoms with Gasteiger partial charge < -0.3 is 14.7 Å². The molecule has 0 unspecified atom stereocenters. The van der Waals surface area contributed by atoms with E-state index in [-0.39, 0.29) is 0 Å². The summed E-state index contributed by atoms with van der Waals surface area (Å²) in [4.78, 5) is 2.17. The number of aliphatic hydroxyl groups is 1. The second kappa shape index (κ2) is 6.05. The minimum absolute atomic E-state index is 0.403. The Bertz CT molecular complexity index is 474. The van der Waals surface area contributed by atoms with E-state index in [1.807, 2.05) is 19.2 Å². The van der Waals surface area contributed by atoms with Crippen LogP contribution < -0.4 is 4.90 Å². The van der Waals surface area contributed by atoms with Crippen molar-refractivity contribution in [2.45, 2.75) is 31.9 Å². The molecule has 1 fully saturated rings. The van der Waals surface area contributed by atoms with E-state index in [1.165, 1.54) is 0 Å². The van der Waals surface area contributed by atoms with Crippen LogP contribution in [0.3, 0.4) is 0 Å². The first-order valence-electron chi connectivity index (χ1n) is 6.66. The molecule has 102 valence electrons. The lowest BCUT2D eigenvalue weighted by Gasteiger charge is -2.34. The fraction of sp³-hybridized carbons (Fsp3) is 0.533. The van der Waals surface area contributed by atoms with Gasteiger partial charge in [-0.25, -0.2) is 0 Å². The first kappa shape index (κ1) is 13.9. The quantitative estimate of drug-likeness (QED) is 0.905. The monoisotopic (exact) mass is 260 g/mol. The largest absolute Gasteiger partial charge is 0.389 e. The number of aliphatic hydroxyl groups excluding tert-OH is 1. The Labute approximate surface area is 114 Å². The first-order chi connectivity index (χ1) is 9.13. The topological polar surface area (TPSA) is 56.5 Å². The predicted molar refractivity (Wildman–Crippen MR) is 74.0 cm³/mol. The summed E-state index contributed by atoms with van der Waals surface area (Å²) in [5.41, 5.74) is 2.44. The van der Waals surface area contributed by atoms with Gasteiger partial charge >= 0.3 is 0 Å². The fourth-order valence-electron chi connectivity index (χ4n) is 2.54. The maximum Gasteiger partial charge on any atom is 0.0992 e. The van der Waals surface area contributed by atoms with Gasteiger partial charge in [0, 0.05) is 37.6 Å². The van der Waals surface area contributed by atoms with Gasteiger partial charge in [-0.05, 0) is 31.9 Å². The molecule has 1 N–H and O–H groups in total. The van der Waals surface area contributed by atoms with Gasteiger partial charge in [-0.3, -0.25) is 0 Å². The third-order valence-electron chi connectivity index (χ3n) is 3.73. The number of ether oxygens (including phenoxy) is 1. The average molecular weight is 260 g/mol. The summed E-state index contributed by atoms with van der Waals surface area (Å²) in [6.45, 7) is 3.30. The van der Waals surface area contributed by atoms with Gasteiger partial charge in [0.2, 0.25) is 0 Å². The highest BCUT2D eigenvalue weighted by atomic mass is 16.5. The van der Waals surface area contributed by atoms with Crippen molar-refractivity contribution in [3.8, 4) is 6.07 Å². The Morgan fingerprint density at radius 1 is 1.42 bits per heavy atom. The number of hydrogen-bond donors (Lipinski definition) is 1. The predicted octanol–water partition coefficient (Wildman–Crippen LogP) is 2.23. The average Bonchev–Trinajstić information content (AvgIpc) is 2.46. The molecule has 0 aromatic heterocycles. The molecule has 0 bridgehead atoms. The van der Waals surface area contributed by atoms with Crippen LogP contribution in [0, 0.1) is 11.3 Å². The van der Waals surface area contributed by atoms with E-state index in [9.17, 15) is 5.11 Å². The third kappa shape index (κ3) is 3.06. The highest BCUT2D eigenvalue weighted by Gasteiger charge is 2.22. The van der Waals surface area contributed by atoms with E-state index in [2.05, 4.69) is 11.0 Å². The molecule has 1 aromatic carbocycles. The van der Waals surface area contributed by atoms with Gasteiger partial charge in [-0.2, -0.15) is 5.26 Å². The second-order valence-corrected chi connectivity index (χ2v) is 5.02. The van der Waals surface area contributed by atoms with Crippen LogP contribution in [-0.2, 0) is 4.74 Å². The van der Waals surface area contributed by atoms with E-state index in [1.54, 1.807) is 13.0 Å². The molecule has 0 amide bonds. The number of anilines is 1. The Balaban J connectivity index is 2.32. The standard InChI is InChI=1S/C15H20N2O2/c1-11(18)14-4-3-12(10-16)9-15(14)17(2)13-5-7-19-8-6-13/h3-4,9,11,13,18H,5-8H2,1-2H3/t11-/m0/s1.